The third-order valence-corrected chi connectivity index (χ3v) is 2.97. The lowest BCUT2D eigenvalue weighted by molar-refractivity contribution is -0.140. The Morgan fingerprint density at radius 2 is 2.53 bits per heavy atom. The molecule has 5 nitrogen and oxygen atoms in total. The first-order valence-corrected chi connectivity index (χ1v) is 5.75. The van der Waals surface area contributed by atoms with E-state index in [-0.39, 0.29) is 23.5 Å². The number of nitrogens with zero attached hydrogens (tertiary/aromatic N) is 1. The summed E-state index contributed by atoms with van der Waals surface area (Å²) in [5.41, 5.74) is 0. The van der Waals surface area contributed by atoms with Gasteiger partial charge in [0.25, 0.3) is 0 Å². The molecule has 1 aliphatic heterocycles. The number of alkyl halides is 1. The van der Waals surface area contributed by atoms with E-state index in [4.69, 9.17) is 9.84 Å². The molecule has 0 saturated carbocycles. The maximum absolute atomic E-state index is 11.2. The average molecular weight is 282 g/mol. The van der Waals surface area contributed by atoms with Gasteiger partial charge in [-0.25, -0.2) is 0 Å². The van der Waals surface area contributed by atoms with Crippen molar-refractivity contribution in [2.24, 2.45) is 0 Å². The van der Waals surface area contributed by atoms with Crippen molar-refractivity contribution in [3.05, 3.63) is 0 Å². The monoisotopic (exact) mass is 281 g/mol. The van der Waals surface area contributed by atoms with Crippen LogP contribution >= 0.6 is 15.9 Å². The van der Waals surface area contributed by atoms with Gasteiger partial charge in [-0.1, -0.05) is 15.9 Å². The quantitative estimate of drug-likeness (QED) is 0.562. The number of morpholine rings is 1. The summed E-state index contributed by atoms with van der Waals surface area (Å²) >= 11 is 3.26. The normalized spacial score (nSPS) is 24.9. The fourth-order valence-corrected chi connectivity index (χ4v) is 2.08. The highest BCUT2D eigenvalue weighted by Crippen LogP contribution is 2.10. The zero-order valence-electron chi connectivity index (χ0n) is 8.69. The van der Waals surface area contributed by atoms with Crippen molar-refractivity contribution in [3.8, 4) is 0 Å². The molecule has 15 heavy (non-hydrogen) atoms. The summed E-state index contributed by atoms with van der Waals surface area (Å²) in [5.74, 6) is -0.276. The maximum atomic E-state index is 11.2. The first-order chi connectivity index (χ1) is 7.17. The molecular weight excluding hydrogens is 266 g/mol. The number of rotatable bonds is 4. The first kappa shape index (κ1) is 12.9. The summed E-state index contributed by atoms with van der Waals surface area (Å²) in [6.45, 7) is 2.60. The number of carbonyl (C=O) groups is 1. The summed E-state index contributed by atoms with van der Waals surface area (Å²) < 4.78 is 9.92. The van der Waals surface area contributed by atoms with Gasteiger partial charge in [0.15, 0.2) is 0 Å². The van der Waals surface area contributed by atoms with E-state index in [1.54, 1.807) is 0 Å². The van der Waals surface area contributed by atoms with Crippen molar-refractivity contribution < 1.29 is 19.4 Å². The van der Waals surface area contributed by atoms with Crippen LogP contribution in [0.2, 0.25) is 0 Å². The Morgan fingerprint density at radius 3 is 3.13 bits per heavy atom. The molecule has 1 saturated heterocycles. The van der Waals surface area contributed by atoms with Crippen molar-refractivity contribution in [2.75, 3.05) is 40.0 Å². The molecule has 0 aromatic carbocycles. The lowest BCUT2D eigenvalue weighted by atomic mass is 10.2. The van der Waals surface area contributed by atoms with Crippen LogP contribution in [0.5, 0.6) is 0 Å². The molecule has 1 rings (SSSR count). The fraction of sp³-hybridized carbons (Fsp3) is 0.889. The van der Waals surface area contributed by atoms with Crippen molar-refractivity contribution in [1.82, 2.24) is 4.90 Å². The van der Waals surface area contributed by atoms with Crippen LogP contribution in [-0.4, -0.2) is 66.9 Å². The largest absolute Gasteiger partial charge is 0.468 e. The number of carbonyl (C=O) groups excluding carboxylic acids is 1. The molecule has 0 aromatic rings. The van der Waals surface area contributed by atoms with Gasteiger partial charge >= 0.3 is 5.97 Å². The molecule has 1 aliphatic rings. The topological polar surface area (TPSA) is 59.0 Å². The Hall–Kier alpha value is -0.170. The van der Waals surface area contributed by atoms with Crippen LogP contribution in [0.25, 0.3) is 0 Å². The van der Waals surface area contributed by atoms with Crippen LogP contribution in [0.1, 0.15) is 0 Å². The Balaban J connectivity index is 2.34. The van der Waals surface area contributed by atoms with E-state index in [2.05, 4.69) is 25.6 Å². The van der Waals surface area contributed by atoms with Crippen LogP contribution in [-0.2, 0) is 14.3 Å². The highest BCUT2D eigenvalue weighted by molar-refractivity contribution is 9.10. The maximum Gasteiger partial charge on any atom is 0.320 e. The number of aliphatic hydroxyl groups excluding tert-OH is 1. The lowest BCUT2D eigenvalue weighted by Crippen LogP contribution is -2.47. The molecular formula is C9H16BrNO4. The molecule has 0 bridgehead atoms. The second kappa shape index (κ2) is 6.42. The highest BCUT2D eigenvalue weighted by Gasteiger charge is 2.24. The zero-order valence-corrected chi connectivity index (χ0v) is 10.3. The fourth-order valence-electron chi connectivity index (χ4n) is 1.49. The molecule has 1 fully saturated rings. The average Bonchev–Trinajstić information content (AvgIpc) is 2.28. The Labute approximate surface area is 97.5 Å². The summed E-state index contributed by atoms with van der Waals surface area (Å²) in [6.07, 6.45) is -0.143. The van der Waals surface area contributed by atoms with Crippen LogP contribution < -0.4 is 0 Å². The molecule has 1 heterocycles. The molecule has 0 amide bonds. The summed E-state index contributed by atoms with van der Waals surface area (Å²) in [7, 11) is 1.37. The molecule has 0 radical (unpaired) electrons. The molecule has 0 aromatic heterocycles. The third kappa shape index (κ3) is 4.06. The number of methoxy groups -OCH3 is 1. The molecule has 1 N–H and O–H groups in total. The van der Waals surface area contributed by atoms with E-state index in [0.717, 1.165) is 6.54 Å². The summed E-state index contributed by atoms with van der Waals surface area (Å²) in [5, 5.41) is 8.94. The minimum Gasteiger partial charge on any atom is -0.468 e. The number of ether oxygens (including phenoxy) is 2. The Morgan fingerprint density at radius 1 is 1.80 bits per heavy atom. The second-order valence-electron chi connectivity index (χ2n) is 3.43. The van der Waals surface area contributed by atoms with Gasteiger partial charge in [0, 0.05) is 19.6 Å². The minimum atomic E-state index is -0.319. The van der Waals surface area contributed by atoms with Crippen molar-refractivity contribution in [3.63, 3.8) is 0 Å². The van der Waals surface area contributed by atoms with Gasteiger partial charge in [-0.15, -0.1) is 0 Å². The minimum absolute atomic E-state index is 0.0156. The van der Waals surface area contributed by atoms with Gasteiger partial charge < -0.3 is 14.6 Å². The Kier molecular flexibility index (Phi) is 5.52. The highest BCUT2D eigenvalue weighted by atomic mass is 79.9. The van der Waals surface area contributed by atoms with Crippen LogP contribution in [0, 0.1) is 0 Å². The number of hydrogen-bond acceptors (Lipinski definition) is 5. The van der Waals surface area contributed by atoms with E-state index >= 15 is 0 Å². The first-order valence-electron chi connectivity index (χ1n) is 4.84. The molecule has 88 valence electrons. The van der Waals surface area contributed by atoms with Gasteiger partial charge in [-0.05, 0) is 0 Å². The van der Waals surface area contributed by atoms with Gasteiger partial charge in [0.05, 0.1) is 26.4 Å². The third-order valence-electron chi connectivity index (χ3n) is 2.30. The predicted octanol–water partition coefficient (Wildman–Crippen LogP) is -0.384. The predicted molar refractivity (Wildman–Crippen MR) is 58.0 cm³/mol. The molecule has 2 atom stereocenters. The van der Waals surface area contributed by atoms with Crippen molar-refractivity contribution in [2.45, 2.75) is 10.9 Å². The summed E-state index contributed by atoms with van der Waals surface area (Å²) in [4.78, 5) is 12.9. The van der Waals surface area contributed by atoms with E-state index in [0.29, 0.717) is 19.7 Å². The molecule has 0 aliphatic carbocycles. The standard InChI is InChI=1S/C9H16BrNO4/c1-14-9(13)8(10)5-11-2-3-15-7(4-11)6-12/h7-8,12H,2-6H2,1H3. The van der Waals surface area contributed by atoms with Crippen molar-refractivity contribution in [1.29, 1.82) is 0 Å². The van der Waals surface area contributed by atoms with Gasteiger partial charge in [-0.3, -0.25) is 9.69 Å². The van der Waals surface area contributed by atoms with E-state index in [1.807, 2.05) is 0 Å². The number of hydrogen-bond donors (Lipinski definition) is 1. The number of aliphatic hydroxyl groups is 1. The molecule has 6 heteroatoms. The number of esters is 1. The molecule has 2 unspecified atom stereocenters. The van der Waals surface area contributed by atoms with Crippen molar-refractivity contribution >= 4 is 21.9 Å². The van der Waals surface area contributed by atoms with Crippen LogP contribution in [0.4, 0.5) is 0 Å². The van der Waals surface area contributed by atoms with Crippen LogP contribution in [0.15, 0.2) is 0 Å². The van der Waals surface area contributed by atoms with Gasteiger partial charge in [0.2, 0.25) is 0 Å². The van der Waals surface area contributed by atoms with Gasteiger partial charge in [0.1, 0.15) is 4.83 Å². The number of halogens is 1. The van der Waals surface area contributed by atoms with Crippen LogP contribution in [0.3, 0.4) is 0 Å². The summed E-state index contributed by atoms with van der Waals surface area (Å²) in [6, 6.07) is 0. The second-order valence-corrected chi connectivity index (χ2v) is 4.53. The smallest absolute Gasteiger partial charge is 0.320 e. The van der Waals surface area contributed by atoms with E-state index in [1.165, 1.54) is 7.11 Å². The zero-order chi connectivity index (χ0) is 11.3. The lowest BCUT2D eigenvalue weighted by Gasteiger charge is -2.32. The molecule has 0 spiro atoms. The van der Waals surface area contributed by atoms with E-state index in [9.17, 15) is 4.79 Å². The van der Waals surface area contributed by atoms with E-state index < -0.39 is 0 Å². The SMILES string of the molecule is COC(=O)C(Br)CN1CCOC(CO)C1. The Bertz CT molecular complexity index is 214. The van der Waals surface area contributed by atoms with Gasteiger partial charge in [-0.2, -0.15) is 0 Å².